The van der Waals surface area contributed by atoms with E-state index in [0.29, 0.717) is 11.6 Å². The minimum atomic E-state index is -0.714. The van der Waals surface area contributed by atoms with E-state index in [1.807, 2.05) is 5.29 Å². The van der Waals surface area contributed by atoms with Crippen molar-refractivity contribution in [3.63, 3.8) is 0 Å². The molecule has 36 heavy (non-hydrogen) atoms. The van der Waals surface area contributed by atoms with Gasteiger partial charge in [-0.05, 0) is 92.1 Å². The van der Waals surface area contributed by atoms with Crippen LogP contribution in [0.2, 0.25) is 0 Å². The molecule has 4 rings (SSSR count). The van der Waals surface area contributed by atoms with E-state index >= 15 is 0 Å². The van der Waals surface area contributed by atoms with Crippen molar-refractivity contribution < 1.29 is 0 Å². The van der Waals surface area contributed by atoms with Gasteiger partial charge >= 0.3 is 0 Å². The fraction of sp³-hybridized carbons (Fsp3) is 0.457. The van der Waals surface area contributed by atoms with Gasteiger partial charge in [0.15, 0.2) is 0 Å². The summed E-state index contributed by atoms with van der Waals surface area (Å²) in [5, 5.41) is 1.82. The molecule has 3 unspecified atom stereocenters. The molecule has 0 radical (unpaired) electrons. The first-order chi connectivity index (χ1) is 17.5. The Labute approximate surface area is 222 Å². The van der Waals surface area contributed by atoms with Crippen LogP contribution in [-0.4, -0.2) is 11.5 Å². The van der Waals surface area contributed by atoms with Crippen LogP contribution in [0, 0.1) is 27.7 Å². The maximum Gasteiger partial charge on any atom is 0.00263 e. The maximum absolute atomic E-state index is 2.48. The van der Waals surface area contributed by atoms with Crippen LogP contribution >= 0.6 is 7.55 Å². The van der Waals surface area contributed by atoms with E-state index in [1.54, 1.807) is 11.1 Å². The molecular weight excluding hydrogens is 451 g/mol. The van der Waals surface area contributed by atoms with Gasteiger partial charge in [-0.3, -0.25) is 0 Å². The van der Waals surface area contributed by atoms with Gasteiger partial charge in [0.1, 0.15) is 0 Å². The van der Waals surface area contributed by atoms with Crippen LogP contribution in [-0.2, 0) is 0 Å². The minimum absolute atomic E-state index is 0.603. The lowest BCUT2D eigenvalue weighted by Crippen LogP contribution is -2.20. The summed E-state index contributed by atoms with van der Waals surface area (Å²) in [5.74, 6) is 0.603. The summed E-state index contributed by atoms with van der Waals surface area (Å²) in [5.41, 5.74) is 11.1. The molecular formula is C35H47P. The smallest absolute Gasteiger partial charge is 0.00263 e. The third-order valence-electron chi connectivity index (χ3n) is 8.36. The van der Waals surface area contributed by atoms with E-state index in [4.69, 9.17) is 0 Å². The third-order valence-corrected chi connectivity index (χ3v) is 11.9. The van der Waals surface area contributed by atoms with Crippen molar-refractivity contribution in [2.45, 2.75) is 97.6 Å². The highest BCUT2D eigenvalue weighted by atomic mass is 31.1. The zero-order valence-electron chi connectivity index (χ0n) is 23.4. The zero-order chi connectivity index (χ0) is 25.5. The lowest BCUT2D eigenvalue weighted by Gasteiger charge is -2.37. The molecule has 1 heteroatoms. The Morgan fingerprint density at radius 3 is 2.08 bits per heavy atom. The highest BCUT2D eigenvalue weighted by Gasteiger charge is 2.31. The summed E-state index contributed by atoms with van der Waals surface area (Å²) in [6.45, 7) is 11.5. The lowest BCUT2D eigenvalue weighted by molar-refractivity contribution is 0.615. The second-order valence-electron chi connectivity index (χ2n) is 11.3. The molecule has 0 saturated carbocycles. The van der Waals surface area contributed by atoms with Crippen LogP contribution in [0.3, 0.4) is 0 Å². The Balaban J connectivity index is 1.79. The van der Waals surface area contributed by atoms with E-state index in [1.165, 1.54) is 85.3 Å². The van der Waals surface area contributed by atoms with Crippen molar-refractivity contribution >= 4 is 12.8 Å². The van der Waals surface area contributed by atoms with E-state index in [0.717, 1.165) is 0 Å². The molecule has 0 amide bonds. The van der Waals surface area contributed by atoms with Gasteiger partial charge in [-0.25, -0.2) is 0 Å². The predicted octanol–water partition coefficient (Wildman–Crippen LogP) is 10.3. The maximum atomic E-state index is 2.48. The van der Waals surface area contributed by atoms with Gasteiger partial charge in [-0.2, -0.15) is 0 Å². The minimum Gasteiger partial charge on any atom is -0.106 e. The van der Waals surface area contributed by atoms with Gasteiger partial charge in [-0.15, -0.1) is 7.55 Å². The summed E-state index contributed by atoms with van der Waals surface area (Å²) in [7, 11) is -0.714. The largest absolute Gasteiger partial charge is 0.106 e. The predicted molar refractivity (Wildman–Crippen MR) is 164 cm³/mol. The Morgan fingerprint density at radius 2 is 1.39 bits per heavy atom. The highest BCUT2D eigenvalue weighted by molar-refractivity contribution is 7.60. The van der Waals surface area contributed by atoms with Crippen molar-refractivity contribution in [3.05, 3.63) is 106 Å². The van der Waals surface area contributed by atoms with E-state index in [2.05, 4.69) is 101 Å². The Morgan fingerprint density at radius 1 is 0.722 bits per heavy atom. The van der Waals surface area contributed by atoms with Crippen molar-refractivity contribution in [2.24, 2.45) is 0 Å². The van der Waals surface area contributed by atoms with Gasteiger partial charge in [0.25, 0.3) is 0 Å². The van der Waals surface area contributed by atoms with E-state index in [-0.39, 0.29) is 0 Å². The molecule has 0 saturated heterocycles. The molecule has 192 valence electrons. The van der Waals surface area contributed by atoms with Crippen LogP contribution in [0.25, 0.3) is 0 Å². The number of rotatable bonds is 10. The first kappa shape index (κ1) is 27.0. The monoisotopic (exact) mass is 498 g/mol. The van der Waals surface area contributed by atoms with Crippen LogP contribution in [0.1, 0.15) is 109 Å². The molecule has 3 aromatic rings. The van der Waals surface area contributed by atoms with Gasteiger partial charge in [0, 0.05) is 5.66 Å². The molecule has 0 spiro atoms. The van der Waals surface area contributed by atoms with Crippen molar-refractivity contribution in [1.29, 1.82) is 0 Å². The van der Waals surface area contributed by atoms with E-state index in [9.17, 15) is 0 Å². The topological polar surface area (TPSA) is 0 Å². The number of hydrogen-bond donors (Lipinski definition) is 0. The summed E-state index contributed by atoms with van der Waals surface area (Å²) in [4.78, 5) is 0. The number of benzene rings is 3. The number of unbranched alkanes of at least 4 members (excludes halogenated alkanes) is 5. The molecule has 1 aliphatic heterocycles. The van der Waals surface area contributed by atoms with Crippen molar-refractivity contribution in [1.82, 2.24) is 0 Å². The van der Waals surface area contributed by atoms with Crippen LogP contribution in [0.5, 0.6) is 0 Å². The Hall–Kier alpha value is -2.04. The van der Waals surface area contributed by atoms with Crippen LogP contribution in [0.15, 0.2) is 66.7 Å². The fourth-order valence-electron chi connectivity index (χ4n) is 6.46. The highest BCUT2D eigenvalue weighted by Crippen LogP contribution is 2.56. The van der Waals surface area contributed by atoms with Crippen molar-refractivity contribution in [3.8, 4) is 0 Å². The second kappa shape index (κ2) is 13.0. The summed E-state index contributed by atoms with van der Waals surface area (Å²) in [6, 6.07) is 25.8. The van der Waals surface area contributed by atoms with Crippen LogP contribution in [0.4, 0.5) is 0 Å². The van der Waals surface area contributed by atoms with E-state index < -0.39 is 7.55 Å². The van der Waals surface area contributed by atoms with Crippen LogP contribution < -0.4 is 0 Å². The first-order valence-corrected chi connectivity index (χ1v) is 16.2. The first-order valence-electron chi connectivity index (χ1n) is 14.4. The zero-order valence-corrected chi connectivity index (χ0v) is 24.4. The summed E-state index contributed by atoms with van der Waals surface area (Å²) in [6.07, 6.45) is 12.3. The molecule has 1 heterocycles. The molecule has 0 N–H and O–H groups in total. The van der Waals surface area contributed by atoms with Gasteiger partial charge < -0.3 is 0 Å². The Kier molecular flexibility index (Phi) is 9.73. The van der Waals surface area contributed by atoms with Gasteiger partial charge in [-0.1, -0.05) is 117 Å². The van der Waals surface area contributed by atoms with Gasteiger partial charge in [0.2, 0.25) is 0 Å². The average Bonchev–Trinajstić information content (AvgIpc) is 2.87. The molecule has 0 aliphatic carbocycles. The molecule has 0 nitrogen and oxygen atoms in total. The normalized spacial score (nSPS) is 20.0. The lowest BCUT2D eigenvalue weighted by atomic mass is 9.85. The van der Waals surface area contributed by atoms with Crippen molar-refractivity contribution in [2.75, 3.05) is 6.16 Å². The number of hydrogen-bond acceptors (Lipinski definition) is 0. The fourth-order valence-corrected chi connectivity index (χ4v) is 10.6. The molecule has 3 atom stereocenters. The quantitative estimate of drug-likeness (QED) is 0.193. The molecule has 0 bridgehead atoms. The number of aryl methyl sites for hydroxylation is 4. The van der Waals surface area contributed by atoms with Gasteiger partial charge in [0.05, 0.1) is 0 Å². The molecule has 1 aliphatic rings. The second-order valence-corrected chi connectivity index (χ2v) is 14.2. The summed E-state index contributed by atoms with van der Waals surface area (Å²) < 4.78 is 0. The standard InChI is InChI=1S/C35H47P/c1-6-7-8-9-10-14-21-36-34(32-19-17-26(2)22-28(32)4)24-31(30-15-12-11-13-16-30)25-35(36)33-20-18-27(3)23-29(33)5/h11-13,15-20,22-23,31,34,36H,6-10,14,21,24-25H2,1-5H3. The Bertz CT molecular complexity index is 1170. The SMILES string of the molecule is CCCCCCCC[PH]1=C(c2ccc(C)cc2C)CC(c2ccccc2)CC1c1ccc(C)cc1C. The third kappa shape index (κ3) is 6.63. The summed E-state index contributed by atoms with van der Waals surface area (Å²) >= 11 is 0. The molecule has 0 fully saturated rings. The average molecular weight is 499 g/mol. The molecule has 0 aromatic heterocycles. The molecule has 3 aromatic carbocycles.